The molecule has 0 radical (unpaired) electrons. The van der Waals surface area contributed by atoms with Crippen molar-refractivity contribution in [3.8, 4) is 11.5 Å². The van der Waals surface area contributed by atoms with Crippen LogP contribution >= 0.6 is 7.60 Å². The van der Waals surface area contributed by atoms with Crippen LogP contribution in [0.1, 0.15) is 22.0 Å². The molecule has 138 valence electrons. The molecule has 3 rings (SSSR count). The van der Waals surface area contributed by atoms with E-state index in [0.717, 1.165) is 17.2 Å². The van der Waals surface area contributed by atoms with Crippen molar-refractivity contribution in [2.75, 3.05) is 7.05 Å². The molecule has 26 heavy (non-hydrogen) atoms. The monoisotopic (exact) mass is 379 g/mol. The lowest BCUT2D eigenvalue weighted by Gasteiger charge is -2.23. The van der Waals surface area contributed by atoms with Gasteiger partial charge in [-0.3, -0.25) is 14.2 Å². The number of Topliss-reactive ketones (excluding diaryl/α,β-unsaturated/α-hetero) is 1. The van der Waals surface area contributed by atoms with Crippen molar-refractivity contribution in [2.24, 2.45) is 5.92 Å². The molecule has 1 aliphatic rings. The maximum atomic E-state index is 13.1. The summed E-state index contributed by atoms with van der Waals surface area (Å²) in [5, 5.41) is 20.6. The van der Waals surface area contributed by atoms with Crippen molar-refractivity contribution >= 4 is 13.4 Å². The third kappa shape index (κ3) is 3.38. The van der Waals surface area contributed by atoms with E-state index in [-0.39, 0.29) is 11.3 Å². The van der Waals surface area contributed by atoms with Gasteiger partial charge < -0.3 is 20.0 Å². The van der Waals surface area contributed by atoms with E-state index in [1.165, 1.54) is 13.1 Å². The Morgan fingerprint density at radius 3 is 2.38 bits per heavy atom. The van der Waals surface area contributed by atoms with Crippen LogP contribution in [-0.4, -0.2) is 43.7 Å². The molecular weight excluding hydrogens is 361 g/mol. The Bertz CT molecular complexity index is 867. The summed E-state index contributed by atoms with van der Waals surface area (Å²) in [6.07, 6.45) is -0.951. The minimum Gasteiger partial charge on any atom is -0.508 e. The molecule has 0 saturated carbocycles. The summed E-state index contributed by atoms with van der Waals surface area (Å²) < 4.78 is 12.0. The standard InChI is InChI=1S/C17H18NO7P/c1-18-17(26(22,23)24)14(16(25-18)10-5-3-2-4-6-10)15(21)12-9-11(19)7-8-13(12)20/h2-9,14,16-17,19-20H,1H3,(H2,22,23,24)/t14-,16-,17+/m0/s1. The average molecular weight is 379 g/mol. The molecule has 1 fully saturated rings. The lowest BCUT2D eigenvalue weighted by molar-refractivity contribution is -0.137. The highest BCUT2D eigenvalue weighted by Gasteiger charge is 2.54. The second-order valence-corrected chi connectivity index (χ2v) is 7.78. The van der Waals surface area contributed by atoms with Crippen LogP contribution in [0.2, 0.25) is 0 Å². The first-order valence-electron chi connectivity index (χ1n) is 7.76. The molecule has 1 saturated heterocycles. The lowest BCUT2D eigenvalue weighted by Crippen LogP contribution is -2.33. The van der Waals surface area contributed by atoms with Gasteiger partial charge in [-0.05, 0) is 23.8 Å². The number of phenols is 2. The molecule has 2 aromatic carbocycles. The van der Waals surface area contributed by atoms with Crippen molar-refractivity contribution in [3.63, 3.8) is 0 Å². The van der Waals surface area contributed by atoms with Crippen LogP contribution in [0.15, 0.2) is 48.5 Å². The number of hydroxylamine groups is 2. The van der Waals surface area contributed by atoms with E-state index in [0.29, 0.717) is 5.56 Å². The number of aromatic hydroxyl groups is 2. The summed E-state index contributed by atoms with van der Waals surface area (Å²) in [6, 6.07) is 12.0. The van der Waals surface area contributed by atoms with Gasteiger partial charge in [0.05, 0.1) is 11.5 Å². The van der Waals surface area contributed by atoms with Gasteiger partial charge in [-0.2, -0.15) is 5.06 Å². The summed E-state index contributed by atoms with van der Waals surface area (Å²) in [5.41, 5.74) is 0.335. The fraction of sp³-hybridized carbons (Fsp3) is 0.235. The number of rotatable bonds is 4. The molecule has 1 aliphatic heterocycles. The van der Waals surface area contributed by atoms with Crippen LogP contribution in [0.4, 0.5) is 0 Å². The van der Waals surface area contributed by atoms with E-state index >= 15 is 0 Å². The fourth-order valence-electron chi connectivity index (χ4n) is 3.20. The summed E-state index contributed by atoms with van der Waals surface area (Å²) in [6.45, 7) is 0. The van der Waals surface area contributed by atoms with E-state index in [2.05, 4.69) is 0 Å². The number of carbonyl (C=O) groups is 1. The largest absolute Gasteiger partial charge is 0.508 e. The predicted molar refractivity (Wildman–Crippen MR) is 91.5 cm³/mol. The molecule has 1 heterocycles. The SMILES string of the molecule is CN1O[C@@H](c2ccccc2)[C@H](C(=O)c2cc(O)ccc2O)[C@H]1P(=O)(O)O. The minimum atomic E-state index is -4.75. The van der Waals surface area contributed by atoms with Gasteiger partial charge in [0.2, 0.25) is 0 Å². The quantitative estimate of drug-likeness (QED) is 0.361. The number of benzene rings is 2. The van der Waals surface area contributed by atoms with Gasteiger partial charge in [-0.25, -0.2) is 0 Å². The van der Waals surface area contributed by atoms with Crippen molar-refractivity contribution in [2.45, 2.75) is 11.9 Å². The van der Waals surface area contributed by atoms with E-state index in [1.807, 2.05) is 0 Å². The highest BCUT2D eigenvalue weighted by atomic mass is 31.2. The Morgan fingerprint density at radius 2 is 1.77 bits per heavy atom. The second kappa shape index (κ2) is 6.83. The molecule has 2 aromatic rings. The number of phenolic OH excluding ortho intramolecular Hbond substituents is 2. The van der Waals surface area contributed by atoms with Crippen LogP contribution in [0.5, 0.6) is 11.5 Å². The van der Waals surface area contributed by atoms with Crippen molar-refractivity contribution < 1.29 is 34.2 Å². The van der Waals surface area contributed by atoms with Gasteiger partial charge in [-0.15, -0.1) is 0 Å². The Balaban J connectivity index is 2.11. The highest BCUT2D eigenvalue weighted by molar-refractivity contribution is 7.52. The van der Waals surface area contributed by atoms with Crippen molar-refractivity contribution in [3.05, 3.63) is 59.7 Å². The van der Waals surface area contributed by atoms with Crippen LogP contribution in [0, 0.1) is 5.92 Å². The van der Waals surface area contributed by atoms with E-state index in [1.54, 1.807) is 30.3 Å². The molecule has 0 unspecified atom stereocenters. The molecule has 9 heteroatoms. The highest BCUT2D eigenvalue weighted by Crippen LogP contribution is 2.55. The van der Waals surface area contributed by atoms with Crippen molar-refractivity contribution in [1.82, 2.24) is 5.06 Å². The second-order valence-electron chi connectivity index (χ2n) is 6.08. The summed E-state index contributed by atoms with van der Waals surface area (Å²) in [7, 11) is -3.41. The zero-order chi connectivity index (χ0) is 19.1. The number of hydrogen-bond acceptors (Lipinski definition) is 6. The summed E-state index contributed by atoms with van der Waals surface area (Å²) in [5.74, 6) is -4.18. The molecule has 0 spiro atoms. The Labute approximate surface area is 149 Å². The number of carbonyl (C=O) groups excluding carboxylic acids is 1. The van der Waals surface area contributed by atoms with E-state index in [9.17, 15) is 29.4 Å². The van der Waals surface area contributed by atoms with Crippen molar-refractivity contribution in [1.29, 1.82) is 0 Å². The number of nitrogens with zero attached hydrogens (tertiary/aromatic N) is 1. The van der Waals surface area contributed by atoms with Crippen LogP contribution < -0.4 is 0 Å². The zero-order valence-electron chi connectivity index (χ0n) is 13.8. The van der Waals surface area contributed by atoms with Crippen LogP contribution in [0.25, 0.3) is 0 Å². The predicted octanol–water partition coefficient (Wildman–Crippen LogP) is 2.02. The van der Waals surface area contributed by atoms with Crippen LogP contribution in [-0.2, 0) is 9.40 Å². The molecule has 4 N–H and O–H groups in total. The molecular formula is C17H18NO7P. The summed E-state index contributed by atoms with van der Waals surface area (Å²) >= 11 is 0. The number of ketones is 1. The lowest BCUT2D eigenvalue weighted by atomic mass is 9.88. The van der Waals surface area contributed by atoms with Gasteiger partial charge in [0.1, 0.15) is 23.4 Å². The fourth-order valence-corrected chi connectivity index (χ4v) is 4.38. The molecule has 8 nitrogen and oxygen atoms in total. The minimum absolute atomic E-state index is 0.228. The van der Waals surface area contributed by atoms with Crippen LogP contribution in [0.3, 0.4) is 0 Å². The maximum Gasteiger partial charge on any atom is 0.345 e. The molecule has 3 atom stereocenters. The first-order chi connectivity index (χ1) is 12.2. The zero-order valence-corrected chi connectivity index (χ0v) is 14.7. The Morgan fingerprint density at radius 1 is 1.12 bits per heavy atom. The van der Waals surface area contributed by atoms with E-state index < -0.39 is 36.9 Å². The Kier molecular flexibility index (Phi) is 4.88. The topological polar surface area (TPSA) is 128 Å². The third-order valence-corrected chi connectivity index (χ3v) is 5.66. The molecule has 0 aliphatic carbocycles. The van der Waals surface area contributed by atoms with Gasteiger partial charge in [0.25, 0.3) is 0 Å². The Hall–Kier alpha value is -2.22. The van der Waals surface area contributed by atoms with Gasteiger partial charge in [0, 0.05) is 7.05 Å². The van der Waals surface area contributed by atoms with Gasteiger partial charge in [0.15, 0.2) is 5.78 Å². The average Bonchev–Trinajstić information content (AvgIpc) is 2.95. The molecule has 0 aromatic heterocycles. The molecule has 0 amide bonds. The number of hydrogen-bond donors (Lipinski definition) is 4. The van der Waals surface area contributed by atoms with E-state index in [4.69, 9.17) is 4.84 Å². The smallest absolute Gasteiger partial charge is 0.345 e. The maximum absolute atomic E-state index is 13.1. The van der Waals surface area contributed by atoms with Gasteiger partial charge in [-0.1, -0.05) is 30.3 Å². The molecule has 0 bridgehead atoms. The normalized spacial score (nSPS) is 23.9. The third-order valence-electron chi connectivity index (χ3n) is 4.32. The summed E-state index contributed by atoms with van der Waals surface area (Å²) in [4.78, 5) is 38.2. The van der Waals surface area contributed by atoms with Gasteiger partial charge >= 0.3 is 7.60 Å². The first kappa shape index (κ1) is 18.6. The first-order valence-corrected chi connectivity index (χ1v) is 9.44.